The van der Waals surface area contributed by atoms with Crippen molar-refractivity contribution in [2.75, 3.05) is 7.11 Å². The molecule has 0 heterocycles. The minimum absolute atomic E-state index is 0.203. The summed E-state index contributed by atoms with van der Waals surface area (Å²) in [6.07, 6.45) is 0. The number of rotatable bonds is 5. The van der Waals surface area contributed by atoms with Crippen LogP contribution in [0.3, 0.4) is 0 Å². The van der Waals surface area contributed by atoms with Gasteiger partial charge in [-0.05, 0) is 23.6 Å². The minimum atomic E-state index is -0.265. The third-order valence-corrected chi connectivity index (χ3v) is 3.03. The van der Waals surface area contributed by atoms with E-state index in [9.17, 15) is 4.79 Å². The van der Waals surface area contributed by atoms with Crippen molar-refractivity contribution < 1.29 is 9.53 Å². The fourth-order valence-electron chi connectivity index (χ4n) is 1.59. The Balaban J connectivity index is 2.61. The third-order valence-electron chi connectivity index (χ3n) is 2.54. The molecule has 17 heavy (non-hydrogen) atoms. The molecule has 0 aliphatic rings. The predicted octanol–water partition coefficient (Wildman–Crippen LogP) is 2.74. The highest BCUT2D eigenvalue weighted by Gasteiger charge is 2.21. The van der Waals surface area contributed by atoms with Crippen LogP contribution in [0.1, 0.15) is 19.4 Å². The van der Waals surface area contributed by atoms with E-state index in [-0.39, 0.29) is 17.9 Å². The molecule has 0 saturated heterocycles. The third kappa shape index (κ3) is 4.48. The van der Waals surface area contributed by atoms with E-state index >= 15 is 0 Å². The van der Waals surface area contributed by atoms with E-state index in [2.05, 4.69) is 21.2 Å². The van der Waals surface area contributed by atoms with Gasteiger partial charge in [0.2, 0.25) is 0 Å². The fourth-order valence-corrected chi connectivity index (χ4v) is 2.04. The van der Waals surface area contributed by atoms with E-state index in [1.165, 1.54) is 7.11 Å². The van der Waals surface area contributed by atoms with Crippen molar-refractivity contribution in [3.05, 3.63) is 34.3 Å². The summed E-state index contributed by atoms with van der Waals surface area (Å²) in [7, 11) is 1.42. The van der Waals surface area contributed by atoms with Crippen molar-refractivity contribution >= 4 is 21.9 Å². The monoisotopic (exact) mass is 299 g/mol. The van der Waals surface area contributed by atoms with Gasteiger partial charge >= 0.3 is 5.97 Å². The first-order chi connectivity index (χ1) is 8.04. The topological polar surface area (TPSA) is 38.3 Å². The number of carbonyl (C=O) groups excluding carboxylic acids is 1. The number of halogens is 1. The van der Waals surface area contributed by atoms with Gasteiger partial charge in [0.05, 0.1) is 7.11 Å². The van der Waals surface area contributed by atoms with E-state index in [0.717, 1.165) is 10.0 Å². The van der Waals surface area contributed by atoms with E-state index in [1.807, 2.05) is 38.1 Å². The molecular weight excluding hydrogens is 282 g/mol. The van der Waals surface area contributed by atoms with Crippen LogP contribution in [-0.2, 0) is 16.1 Å². The quantitative estimate of drug-likeness (QED) is 0.850. The molecular formula is C13H18BrNO2. The predicted molar refractivity (Wildman–Crippen MR) is 71.6 cm³/mol. The molecule has 3 nitrogen and oxygen atoms in total. The van der Waals surface area contributed by atoms with E-state index in [0.29, 0.717) is 6.54 Å². The molecule has 0 aliphatic heterocycles. The van der Waals surface area contributed by atoms with Gasteiger partial charge in [-0.25, -0.2) is 0 Å². The van der Waals surface area contributed by atoms with E-state index in [4.69, 9.17) is 4.74 Å². The molecule has 1 atom stereocenters. The lowest BCUT2D eigenvalue weighted by atomic mass is 10.0. The van der Waals surface area contributed by atoms with Crippen LogP contribution in [0.15, 0.2) is 28.7 Å². The van der Waals surface area contributed by atoms with Gasteiger partial charge in [0.1, 0.15) is 6.04 Å². The highest BCUT2D eigenvalue weighted by atomic mass is 79.9. The van der Waals surface area contributed by atoms with Crippen molar-refractivity contribution in [2.45, 2.75) is 26.4 Å². The molecule has 0 radical (unpaired) electrons. The van der Waals surface area contributed by atoms with Crippen LogP contribution in [0.2, 0.25) is 0 Å². The van der Waals surface area contributed by atoms with Crippen LogP contribution in [0.4, 0.5) is 0 Å². The maximum absolute atomic E-state index is 11.5. The lowest BCUT2D eigenvalue weighted by Crippen LogP contribution is -2.41. The number of nitrogens with one attached hydrogen (secondary N) is 1. The second-order valence-electron chi connectivity index (χ2n) is 4.26. The zero-order chi connectivity index (χ0) is 12.8. The van der Waals surface area contributed by atoms with Crippen molar-refractivity contribution in [1.29, 1.82) is 0 Å². The SMILES string of the molecule is COC(=O)[C@@H](NCc1cccc(Br)c1)C(C)C. The van der Waals surface area contributed by atoms with Crippen molar-refractivity contribution in [2.24, 2.45) is 5.92 Å². The maximum atomic E-state index is 11.5. The van der Waals surface area contributed by atoms with Crippen LogP contribution in [0, 0.1) is 5.92 Å². The Morgan fingerprint density at radius 1 is 1.47 bits per heavy atom. The first kappa shape index (κ1) is 14.2. The van der Waals surface area contributed by atoms with Crippen LogP contribution in [-0.4, -0.2) is 19.1 Å². The number of methoxy groups -OCH3 is 1. The molecule has 0 unspecified atom stereocenters. The molecule has 0 amide bonds. The Morgan fingerprint density at radius 2 is 2.18 bits per heavy atom. The second-order valence-corrected chi connectivity index (χ2v) is 5.17. The number of benzene rings is 1. The van der Waals surface area contributed by atoms with Gasteiger partial charge < -0.3 is 10.1 Å². The first-order valence-corrected chi connectivity index (χ1v) is 6.39. The summed E-state index contributed by atoms with van der Waals surface area (Å²) in [6, 6.07) is 7.74. The first-order valence-electron chi connectivity index (χ1n) is 5.60. The standard InChI is InChI=1S/C13H18BrNO2/c1-9(2)12(13(16)17-3)15-8-10-5-4-6-11(14)7-10/h4-7,9,12,15H,8H2,1-3H3/t12-/m0/s1. The summed E-state index contributed by atoms with van der Waals surface area (Å²) in [5.41, 5.74) is 1.13. The molecule has 4 heteroatoms. The van der Waals surface area contributed by atoms with Crippen LogP contribution in [0.25, 0.3) is 0 Å². The average Bonchev–Trinajstić information content (AvgIpc) is 2.28. The van der Waals surface area contributed by atoms with Gasteiger partial charge in [-0.2, -0.15) is 0 Å². The van der Waals surface area contributed by atoms with Crippen LogP contribution >= 0.6 is 15.9 Å². The van der Waals surface area contributed by atoms with Crippen molar-refractivity contribution in [3.8, 4) is 0 Å². The fraction of sp³-hybridized carbons (Fsp3) is 0.462. The summed E-state index contributed by atoms with van der Waals surface area (Å²) < 4.78 is 5.81. The van der Waals surface area contributed by atoms with Gasteiger partial charge in [0.25, 0.3) is 0 Å². The molecule has 1 rings (SSSR count). The molecule has 1 aromatic carbocycles. The molecule has 0 bridgehead atoms. The highest BCUT2D eigenvalue weighted by molar-refractivity contribution is 9.10. The van der Waals surface area contributed by atoms with Gasteiger partial charge in [0, 0.05) is 11.0 Å². The maximum Gasteiger partial charge on any atom is 0.323 e. The smallest absolute Gasteiger partial charge is 0.323 e. The normalized spacial score (nSPS) is 12.5. The van der Waals surface area contributed by atoms with Crippen molar-refractivity contribution in [3.63, 3.8) is 0 Å². The Hall–Kier alpha value is -0.870. The number of esters is 1. The Morgan fingerprint density at radius 3 is 2.71 bits per heavy atom. The molecule has 1 aromatic rings. The molecule has 0 fully saturated rings. The zero-order valence-electron chi connectivity index (χ0n) is 10.4. The van der Waals surface area contributed by atoms with Gasteiger partial charge in [0.15, 0.2) is 0 Å². The van der Waals surface area contributed by atoms with Crippen molar-refractivity contribution in [1.82, 2.24) is 5.32 Å². The molecule has 0 aliphatic carbocycles. The summed E-state index contributed by atoms with van der Waals surface area (Å²) >= 11 is 3.42. The van der Waals surface area contributed by atoms with E-state index < -0.39 is 0 Å². The largest absolute Gasteiger partial charge is 0.468 e. The summed E-state index contributed by atoms with van der Waals surface area (Å²) in [4.78, 5) is 11.5. The molecule has 1 N–H and O–H groups in total. The van der Waals surface area contributed by atoms with Crippen LogP contribution < -0.4 is 5.32 Å². The van der Waals surface area contributed by atoms with Crippen LogP contribution in [0.5, 0.6) is 0 Å². The summed E-state index contributed by atoms with van der Waals surface area (Å²) in [6.45, 7) is 4.64. The Bertz CT molecular complexity index is 379. The number of ether oxygens (including phenoxy) is 1. The summed E-state index contributed by atoms with van der Waals surface area (Å²) in [5, 5.41) is 3.22. The van der Waals surface area contributed by atoms with Gasteiger partial charge in [-0.1, -0.05) is 41.9 Å². The Kier molecular flexibility index (Phi) is 5.65. The number of carbonyl (C=O) groups is 1. The van der Waals surface area contributed by atoms with Gasteiger partial charge in [-0.3, -0.25) is 4.79 Å². The molecule has 0 spiro atoms. The highest BCUT2D eigenvalue weighted by Crippen LogP contribution is 2.12. The minimum Gasteiger partial charge on any atom is -0.468 e. The van der Waals surface area contributed by atoms with E-state index in [1.54, 1.807) is 0 Å². The second kappa shape index (κ2) is 6.77. The molecule has 94 valence electrons. The zero-order valence-corrected chi connectivity index (χ0v) is 12.0. The number of hydrogen-bond donors (Lipinski definition) is 1. The number of hydrogen-bond acceptors (Lipinski definition) is 3. The lowest BCUT2D eigenvalue weighted by Gasteiger charge is -2.19. The average molecular weight is 300 g/mol. The summed E-state index contributed by atoms with van der Waals surface area (Å²) in [5.74, 6) is -0.00963. The molecule has 0 aromatic heterocycles. The Labute approximate surface area is 111 Å². The lowest BCUT2D eigenvalue weighted by molar-refractivity contribution is -0.144. The molecule has 0 saturated carbocycles. The van der Waals surface area contributed by atoms with Gasteiger partial charge in [-0.15, -0.1) is 0 Å².